The van der Waals surface area contributed by atoms with E-state index in [4.69, 9.17) is 0 Å². The molecule has 0 aromatic carbocycles. The summed E-state index contributed by atoms with van der Waals surface area (Å²) >= 11 is 0. The van der Waals surface area contributed by atoms with E-state index < -0.39 is 10.8 Å². The fourth-order valence-electron chi connectivity index (χ4n) is 1.93. The zero-order valence-electron chi connectivity index (χ0n) is 10.3. The summed E-state index contributed by atoms with van der Waals surface area (Å²) in [6.07, 6.45) is 3.52. The monoisotopic (exact) mass is 246 g/mol. The van der Waals surface area contributed by atoms with Crippen molar-refractivity contribution in [2.24, 2.45) is 5.92 Å². The predicted octanol–water partition coefficient (Wildman–Crippen LogP) is 0.258. The number of rotatable bonds is 5. The highest BCUT2D eigenvalue weighted by atomic mass is 32.2. The van der Waals surface area contributed by atoms with E-state index in [-0.39, 0.29) is 18.0 Å². The van der Waals surface area contributed by atoms with Gasteiger partial charge in [-0.1, -0.05) is 6.92 Å². The molecule has 1 aliphatic heterocycles. The van der Waals surface area contributed by atoms with Gasteiger partial charge in [0.25, 0.3) is 0 Å². The normalized spacial score (nSPS) is 28.7. The Kier molecular flexibility index (Phi) is 5.41. The van der Waals surface area contributed by atoms with E-state index >= 15 is 0 Å². The molecule has 0 aliphatic carbocycles. The molecule has 1 saturated heterocycles. The van der Waals surface area contributed by atoms with Crippen molar-refractivity contribution in [3.05, 3.63) is 0 Å². The van der Waals surface area contributed by atoms with Crippen LogP contribution in [-0.2, 0) is 15.6 Å². The number of hydrogen-bond donors (Lipinski definition) is 2. The highest BCUT2D eigenvalue weighted by Crippen LogP contribution is 2.14. The number of amides is 1. The second-order valence-corrected chi connectivity index (χ2v) is 6.23. The molecule has 1 aliphatic rings. The molecular weight excluding hydrogens is 224 g/mol. The molecule has 0 bridgehead atoms. The van der Waals surface area contributed by atoms with Crippen molar-refractivity contribution < 1.29 is 9.00 Å². The molecule has 0 radical (unpaired) electrons. The highest BCUT2D eigenvalue weighted by Gasteiger charge is 2.29. The summed E-state index contributed by atoms with van der Waals surface area (Å²) in [6.45, 7) is 4.98. The summed E-state index contributed by atoms with van der Waals surface area (Å²) < 4.78 is 10.9. The lowest BCUT2D eigenvalue weighted by Crippen LogP contribution is -2.46. The summed E-state index contributed by atoms with van der Waals surface area (Å²) in [7, 11) is -0.777. The van der Waals surface area contributed by atoms with Gasteiger partial charge in [-0.05, 0) is 32.2 Å². The molecule has 0 spiro atoms. The minimum Gasteiger partial charge on any atom is -0.352 e. The Morgan fingerprint density at radius 3 is 2.81 bits per heavy atom. The van der Waals surface area contributed by atoms with Crippen molar-refractivity contribution in [1.29, 1.82) is 0 Å². The Labute approximate surface area is 100 Å². The van der Waals surface area contributed by atoms with Gasteiger partial charge in [-0.3, -0.25) is 9.00 Å². The molecule has 1 amide bonds. The maximum atomic E-state index is 11.9. The lowest BCUT2D eigenvalue weighted by molar-refractivity contribution is -0.124. The lowest BCUT2D eigenvalue weighted by Gasteiger charge is -2.19. The van der Waals surface area contributed by atoms with Gasteiger partial charge in [-0.15, -0.1) is 0 Å². The largest absolute Gasteiger partial charge is 0.352 e. The molecule has 4 atom stereocenters. The molecular formula is C11H22N2O2S. The highest BCUT2D eigenvalue weighted by molar-refractivity contribution is 7.84. The van der Waals surface area contributed by atoms with Crippen molar-refractivity contribution in [3.8, 4) is 0 Å². The van der Waals surface area contributed by atoms with E-state index in [2.05, 4.69) is 17.6 Å². The molecule has 94 valence electrons. The first-order valence-electron chi connectivity index (χ1n) is 5.84. The van der Waals surface area contributed by atoms with Crippen LogP contribution in [0, 0.1) is 5.92 Å². The minimum atomic E-state index is -0.777. The van der Waals surface area contributed by atoms with Crippen molar-refractivity contribution >= 4 is 16.7 Å². The van der Waals surface area contributed by atoms with E-state index in [9.17, 15) is 9.00 Å². The number of carbonyl (C=O) groups excluding carboxylic acids is 1. The zero-order valence-corrected chi connectivity index (χ0v) is 11.1. The van der Waals surface area contributed by atoms with E-state index in [0.717, 1.165) is 19.4 Å². The Balaban J connectivity index is 2.30. The summed E-state index contributed by atoms with van der Waals surface area (Å²) in [5, 5.41) is 6.18. The first kappa shape index (κ1) is 13.6. The van der Waals surface area contributed by atoms with Crippen molar-refractivity contribution in [2.75, 3.05) is 18.6 Å². The molecule has 4 unspecified atom stereocenters. The predicted molar refractivity (Wildman–Crippen MR) is 66.7 cm³/mol. The van der Waals surface area contributed by atoms with Gasteiger partial charge < -0.3 is 10.6 Å². The van der Waals surface area contributed by atoms with Crippen molar-refractivity contribution in [2.45, 2.75) is 38.8 Å². The van der Waals surface area contributed by atoms with Crippen LogP contribution in [0.25, 0.3) is 0 Å². The average molecular weight is 246 g/mol. The molecule has 0 aromatic rings. The Morgan fingerprint density at radius 1 is 1.62 bits per heavy atom. The van der Waals surface area contributed by atoms with Gasteiger partial charge >= 0.3 is 0 Å². The molecule has 0 saturated carbocycles. The van der Waals surface area contributed by atoms with Crippen molar-refractivity contribution in [3.63, 3.8) is 0 Å². The van der Waals surface area contributed by atoms with Crippen LogP contribution in [0.3, 0.4) is 0 Å². The third-order valence-electron chi connectivity index (χ3n) is 3.04. The van der Waals surface area contributed by atoms with E-state index in [1.807, 2.05) is 6.92 Å². The summed E-state index contributed by atoms with van der Waals surface area (Å²) in [5.74, 6) is 1.14. The second kappa shape index (κ2) is 6.35. The number of carbonyl (C=O) groups is 1. The van der Waals surface area contributed by atoms with Gasteiger partial charge in [-0.2, -0.15) is 0 Å². The van der Waals surface area contributed by atoms with Crippen LogP contribution in [0.4, 0.5) is 0 Å². The van der Waals surface area contributed by atoms with Crippen LogP contribution < -0.4 is 10.6 Å². The van der Waals surface area contributed by atoms with Crippen LogP contribution in [0.1, 0.15) is 26.7 Å². The first-order chi connectivity index (χ1) is 7.50. The first-order valence-corrected chi connectivity index (χ1v) is 7.57. The minimum absolute atomic E-state index is 0.0467. The SMILES string of the molecule is CC(CCS(C)=O)NC(=O)C1NCCC1C. The molecule has 4 nitrogen and oxygen atoms in total. The third-order valence-corrected chi connectivity index (χ3v) is 3.85. The zero-order chi connectivity index (χ0) is 12.1. The fourth-order valence-corrected chi connectivity index (χ4v) is 2.62. The maximum Gasteiger partial charge on any atom is 0.237 e. The van der Waals surface area contributed by atoms with Crippen LogP contribution >= 0.6 is 0 Å². The summed E-state index contributed by atoms with van der Waals surface area (Å²) in [4.78, 5) is 11.9. The molecule has 1 rings (SSSR count). The lowest BCUT2D eigenvalue weighted by atomic mass is 10.0. The summed E-state index contributed by atoms with van der Waals surface area (Å²) in [6, 6.07) is 0.0561. The molecule has 1 heterocycles. The van der Waals surface area contributed by atoms with Crippen LogP contribution in [-0.4, -0.2) is 40.8 Å². The smallest absolute Gasteiger partial charge is 0.237 e. The number of nitrogens with one attached hydrogen (secondary N) is 2. The quantitative estimate of drug-likeness (QED) is 0.731. The van der Waals surface area contributed by atoms with Crippen molar-refractivity contribution in [1.82, 2.24) is 10.6 Å². The molecule has 0 aromatic heterocycles. The standard InChI is InChI=1S/C11H22N2O2S/c1-8-4-6-12-10(8)11(14)13-9(2)5-7-16(3)15/h8-10,12H,4-7H2,1-3H3,(H,13,14). The van der Waals surface area contributed by atoms with Gasteiger partial charge in [-0.25, -0.2) is 0 Å². The van der Waals surface area contributed by atoms with E-state index in [1.165, 1.54) is 0 Å². The van der Waals surface area contributed by atoms with Gasteiger partial charge in [0.05, 0.1) is 6.04 Å². The Morgan fingerprint density at radius 2 is 2.31 bits per heavy atom. The Bertz CT molecular complexity index is 271. The van der Waals surface area contributed by atoms with Gasteiger partial charge in [0.2, 0.25) is 5.91 Å². The molecule has 5 heteroatoms. The Hall–Kier alpha value is -0.420. The summed E-state index contributed by atoms with van der Waals surface area (Å²) in [5.41, 5.74) is 0. The second-order valence-electron chi connectivity index (χ2n) is 4.67. The third kappa shape index (κ3) is 4.22. The maximum absolute atomic E-state index is 11.9. The average Bonchev–Trinajstić information content (AvgIpc) is 2.61. The molecule has 1 fully saturated rings. The topological polar surface area (TPSA) is 58.2 Å². The number of hydrogen-bond acceptors (Lipinski definition) is 3. The van der Waals surface area contributed by atoms with E-state index in [0.29, 0.717) is 11.7 Å². The van der Waals surface area contributed by atoms with Crippen LogP contribution in [0.2, 0.25) is 0 Å². The van der Waals surface area contributed by atoms with Gasteiger partial charge in [0.15, 0.2) is 0 Å². The van der Waals surface area contributed by atoms with Gasteiger partial charge in [0, 0.05) is 28.9 Å². The van der Waals surface area contributed by atoms with Crippen LogP contribution in [0.5, 0.6) is 0 Å². The molecule has 16 heavy (non-hydrogen) atoms. The van der Waals surface area contributed by atoms with Gasteiger partial charge in [0.1, 0.15) is 0 Å². The fraction of sp³-hybridized carbons (Fsp3) is 0.909. The molecule has 2 N–H and O–H groups in total. The van der Waals surface area contributed by atoms with Crippen LogP contribution in [0.15, 0.2) is 0 Å². The van der Waals surface area contributed by atoms with E-state index in [1.54, 1.807) is 6.26 Å².